The lowest BCUT2D eigenvalue weighted by Crippen LogP contribution is -2.49. The first-order chi connectivity index (χ1) is 14.6. The summed E-state index contributed by atoms with van der Waals surface area (Å²) >= 11 is 0. The lowest BCUT2D eigenvalue weighted by atomic mass is 10.0. The predicted octanol–water partition coefficient (Wildman–Crippen LogP) is 4.00. The highest BCUT2D eigenvalue weighted by molar-refractivity contribution is 5.82. The minimum Gasteiger partial charge on any atom is -0.481 e. The molecule has 1 aliphatic heterocycles. The van der Waals surface area contributed by atoms with Gasteiger partial charge >= 0.3 is 5.97 Å². The minimum atomic E-state index is -0.727. The third-order valence-electron chi connectivity index (χ3n) is 5.47. The Morgan fingerprint density at radius 3 is 2.50 bits per heavy atom. The molecule has 0 saturated carbocycles. The summed E-state index contributed by atoms with van der Waals surface area (Å²) in [6, 6.07) is 18.6. The van der Waals surface area contributed by atoms with Crippen molar-refractivity contribution in [2.24, 2.45) is 5.92 Å². The van der Waals surface area contributed by atoms with E-state index in [-0.39, 0.29) is 5.92 Å². The van der Waals surface area contributed by atoms with E-state index in [0.717, 1.165) is 23.0 Å². The fourth-order valence-electron chi connectivity index (χ4n) is 3.82. The van der Waals surface area contributed by atoms with Crippen LogP contribution in [0.15, 0.2) is 71.4 Å². The first kappa shape index (κ1) is 18.5. The van der Waals surface area contributed by atoms with Gasteiger partial charge in [-0.2, -0.15) is 0 Å². The molecule has 6 nitrogen and oxygen atoms in total. The Hall–Kier alpha value is -3.51. The third-order valence-corrected chi connectivity index (χ3v) is 5.47. The van der Waals surface area contributed by atoms with Gasteiger partial charge in [0.25, 0.3) is 0 Å². The van der Waals surface area contributed by atoms with Crippen molar-refractivity contribution in [3.63, 3.8) is 0 Å². The zero-order valence-corrected chi connectivity index (χ0v) is 16.4. The second-order valence-electron chi connectivity index (χ2n) is 7.79. The number of carboxylic acid groups (broad SMARTS) is 1. The average Bonchev–Trinajstić information content (AvgIpc) is 3.15. The monoisotopic (exact) mass is 399 g/mol. The lowest BCUT2D eigenvalue weighted by Gasteiger charge is -2.36. The van der Waals surface area contributed by atoms with Crippen LogP contribution in [-0.2, 0) is 17.8 Å². The van der Waals surface area contributed by atoms with Crippen molar-refractivity contribution in [1.82, 2.24) is 14.9 Å². The van der Waals surface area contributed by atoms with Crippen LogP contribution in [0.1, 0.15) is 16.7 Å². The van der Waals surface area contributed by atoms with Gasteiger partial charge in [0.1, 0.15) is 5.58 Å². The number of furan rings is 1. The van der Waals surface area contributed by atoms with Gasteiger partial charge in [0.05, 0.1) is 5.92 Å². The van der Waals surface area contributed by atoms with E-state index in [4.69, 9.17) is 9.52 Å². The first-order valence-electron chi connectivity index (χ1n) is 9.97. The van der Waals surface area contributed by atoms with Gasteiger partial charge in [0.2, 0.25) is 0 Å². The van der Waals surface area contributed by atoms with Crippen LogP contribution in [0.2, 0.25) is 0 Å². The fraction of sp³-hybridized carbons (Fsp3) is 0.208. The number of likely N-dealkylation sites (tertiary alicyclic amines) is 1. The molecule has 0 unspecified atom stereocenters. The lowest BCUT2D eigenvalue weighted by molar-refractivity contribution is -0.147. The smallest absolute Gasteiger partial charge is 0.309 e. The molecule has 0 radical (unpaired) electrons. The molecule has 1 saturated heterocycles. The Labute approximate surface area is 173 Å². The molecule has 2 aromatic heterocycles. The normalized spacial score (nSPS) is 14.7. The summed E-state index contributed by atoms with van der Waals surface area (Å²) in [5.41, 5.74) is 4.28. The number of aromatic nitrogens is 2. The molecule has 4 aromatic rings. The van der Waals surface area contributed by atoms with E-state index in [1.165, 1.54) is 11.1 Å². The van der Waals surface area contributed by atoms with Gasteiger partial charge in [-0.25, -0.2) is 9.97 Å². The largest absolute Gasteiger partial charge is 0.481 e. The molecule has 0 aliphatic carbocycles. The van der Waals surface area contributed by atoms with Gasteiger partial charge in [0.15, 0.2) is 11.6 Å². The molecule has 0 spiro atoms. The molecule has 0 atom stereocenters. The van der Waals surface area contributed by atoms with E-state index < -0.39 is 5.97 Å². The van der Waals surface area contributed by atoms with Crippen LogP contribution in [0.5, 0.6) is 0 Å². The molecule has 6 heteroatoms. The van der Waals surface area contributed by atoms with Gasteiger partial charge in [0, 0.05) is 43.0 Å². The van der Waals surface area contributed by atoms with Crippen LogP contribution < -0.4 is 0 Å². The fourth-order valence-corrected chi connectivity index (χ4v) is 3.82. The molecule has 1 N–H and O–H groups in total. The number of hydrogen-bond acceptors (Lipinski definition) is 5. The van der Waals surface area contributed by atoms with Crippen molar-refractivity contribution in [2.45, 2.75) is 13.0 Å². The van der Waals surface area contributed by atoms with Gasteiger partial charge in [-0.1, -0.05) is 36.4 Å². The molecule has 1 fully saturated rings. The van der Waals surface area contributed by atoms with E-state index in [9.17, 15) is 4.79 Å². The highest BCUT2D eigenvalue weighted by Crippen LogP contribution is 2.27. The van der Waals surface area contributed by atoms with Crippen LogP contribution in [0.3, 0.4) is 0 Å². The molecule has 3 heterocycles. The van der Waals surface area contributed by atoms with Gasteiger partial charge in [-0.3, -0.25) is 9.69 Å². The Bertz CT molecular complexity index is 1180. The highest BCUT2D eigenvalue weighted by atomic mass is 16.4. The number of aliphatic carboxylic acids is 1. The minimum absolute atomic E-state index is 0.257. The molecule has 1 aliphatic rings. The van der Waals surface area contributed by atoms with E-state index >= 15 is 0 Å². The van der Waals surface area contributed by atoms with Crippen molar-refractivity contribution in [1.29, 1.82) is 0 Å². The van der Waals surface area contributed by atoms with Crippen LogP contribution in [0.25, 0.3) is 22.6 Å². The van der Waals surface area contributed by atoms with E-state index in [1.54, 1.807) is 12.4 Å². The zero-order valence-electron chi connectivity index (χ0n) is 16.4. The van der Waals surface area contributed by atoms with Crippen molar-refractivity contribution in [3.8, 4) is 11.6 Å². The molecular formula is C24H21N3O3. The number of nitrogens with zero attached hydrogens (tertiary/aromatic N) is 3. The van der Waals surface area contributed by atoms with Gasteiger partial charge in [-0.05, 0) is 35.7 Å². The summed E-state index contributed by atoms with van der Waals surface area (Å²) in [5, 5.41) is 10.0. The molecule has 5 rings (SSSR count). The maximum absolute atomic E-state index is 10.9. The van der Waals surface area contributed by atoms with Crippen molar-refractivity contribution in [2.75, 3.05) is 13.1 Å². The number of carboxylic acids is 1. The molecule has 0 bridgehead atoms. The standard InChI is InChI=1S/C24H21N3O3/c28-24(29)20-14-27(15-20)13-18-11-25-23(26-12-18)22-10-19-9-17(6-7-21(19)30-22)8-16-4-2-1-3-5-16/h1-7,9-12,20H,8,13-15H2,(H,28,29). The van der Waals surface area contributed by atoms with Crippen LogP contribution in [0, 0.1) is 5.92 Å². The van der Waals surface area contributed by atoms with E-state index in [0.29, 0.717) is 31.2 Å². The summed E-state index contributed by atoms with van der Waals surface area (Å²) < 4.78 is 5.95. The average molecular weight is 399 g/mol. The summed E-state index contributed by atoms with van der Waals surface area (Å²) in [6.45, 7) is 1.81. The highest BCUT2D eigenvalue weighted by Gasteiger charge is 2.32. The number of rotatable bonds is 6. The summed E-state index contributed by atoms with van der Waals surface area (Å²) in [5.74, 6) is 0.206. The topological polar surface area (TPSA) is 79.5 Å². The quantitative estimate of drug-likeness (QED) is 0.528. The Kier molecular flexibility index (Phi) is 4.77. The number of fused-ring (bicyclic) bond motifs is 1. The molecule has 30 heavy (non-hydrogen) atoms. The van der Waals surface area contributed by atoms with Gasteiger partial charge < -0.3 is 9.52 Å². The second-order valence-corrected chi connectivity index (χ2v) is 7.79. The number of carbonyl (C=O) groups is 1. The first-order valence-corrected chi connectivity index (χ1v) is 9.97. The van der Waals surface area contributed by atoms with E-state index in [1.807, 2.05) is 18.2 Å². The maximum atomic E-state index is 10.9. The molecule has 150 valence electrons. The summed E-state index contributed by atoms with van der Waals surface area (Å²) in [6.07, 6.45) is 4.44. The summed E-state index contributed by atoms with van der Waals surface area (Å²) in [7, 11) is 0. The van der Waals surface area contributed by atoms with Crippen LogP contribution in [0.4, 0.5) is 0 Å². The molecular weight excluding hydrogens is 378 g/mol. The maximum Gasteiger partial charge on any atom is 0.309 e. The number of hydrogen-bond donors (Lipinski definition) is 1. The summed E-state index contributed by atoms with van der Waals surface area (Å²) in [4.78, 5) is 21.9. The molecule has 0 amide bonds. The van der Waals surface area contributed by atoms with Crippen molar-refractivity contribution in [3.05, 3.63) is 83.7 Å². The Morgan fingerprint density at radius 2 is 1.77 bits per heavy atom. The SMILES string of the molecule is O=C(O)C1CN(Cc2cnc(-c3cc4cc(Cc5ccccc5)ccc4o3)nc2)C1. The van der Waals surface area contributed by atoms with Crippen molar-refractivity contribution >= 4 is 16.9 Å². The van der Waals surface area contributed by atoms with Crippen LogP contribution in [-0.4, -0.2) is 39.0 Å². The Morgan fingerprint density at radius 1 is 1.00 bits per heavy atom. The third kappa shape index (κ3) is 3.82. The molecule has 2 aromatic carbocycles. The number of benzene rings is 2. The Balaban J connectivity index is 1.29. The van der Waals surface area contributed by atoms with E-state index in [2.05, 4.69) is 51.3 Å². The zero-order chi connectivity index (χ0) is 20.5. The predicted molar refractivity (Wildman–Crippen MR) is 113 cm³/mol. The van der Waals surface area contributed by atoms with Gasteiger partial charge in [-0.15, -0.1) is 0 Å². The van der Waals surface area contributed by atoms with Crippen molar-refractivity contribution < 1.29 is 14.3 Å². The second kappa shape index (κ2) is 7.72. The van der Waals surface area contributed by atoms with Crippen LogP contribution >= 0.6 is 0 Å².